The molecule has 106 valence electrons. The summed E-state index contributed by atoms with van der Waals surface area (Å²) < 4.78 is 0.980. The molecule has 0 atom stereocenters. The Bertz CT molecular complexity index is 422. The molecule has 0 fully saturated rings. The Morgan fingerprint density at radius 3 is 2.79 bits per heavy atom. The fourth-order valence-electron chi connectivity index (χ4n) is 1.78. The number of nitrogens with zero attached hydrogens (tertiary/aromatic N) is 1. The van der Waals surface area contributed by atoms with Gasteiger partial charge in [-0.3, -0.25) is 9.78 Å². The first-order chi connectivity index (χ1) is 8.89. The predicted molar refractivity (Wildman–Crippen MR) is 78.9 cm³/mol. The maximum absolute atomic E-state index is 10.6. The molecule has 0 spiro atoms. The average Bonchev–Trinajstić information content (AvgIpc) is 2.33. The summed E-state index contributed by atoms with van der Waals surface area (Å²) in [5.74, 6) is -0.721. The van der Waals surface area contributed by atoms with Gasteiger partial charge in [0.1, 0.15) is 0 Å². The Hall–Kier alpha value is -0.940. The molecule has 19 heavy (non-hydrogen) atoms. The topological polar surface area (TPSA) is 62.2 Å². The van der Waals surface area contributed by atoms with Gasteiger partial charge in [0, 0.05) is 29.8 Å². The molecule has 0 saturated carbocycles. The molecule has 1 heterocycles. The zero-order valence-corrected chi connectivity index (χ0v) is 13.0. The Morgan fingerprint density at radius 2 is 2.16 bits per heavy atom. The Labute approximate surface area is 122 Å². The standard InChI is InChI=1S/C14H21BrN2O2/c1-14(2,4-3-13(18)19)5-6-16-8-11-7-12(15)10-17-9-11/h7,9-10,16H,3-6,8H2,1-2H3,(H,18,19). The van der Waals surface area contributed by atoms with Gasteiger partial charge >= 0.3 is 5.97 Å². The van der Waals surface area contributed by atoms with Gasteiger partial charge in [0.15, 0.2) is 0 Å². The third-order valence-corrected chi connectivity index (χ3v) is 3.52. The van der Waals surface area contributed by atoms with Gasteiger partial charge in [0.05, 0.1) is 0 Å². The minimum atomic E-state index is -0.721. The third kappa shape index (κ3) is 7.28. The molecule has 0 aliphatic heterocycles. The number of nitrogens with one attached hydrogen (secondary N) is 1. The second-order valence-electron chi connectivity index (χ2n) is 5.50. The Morgan fingerprint density at radius 1 is 1.42 bits per heavy atom. The number of carbonyl (C=O) groups is 1. The quantitative estimate of drug-likeness (QED) is 0.719. The molecule has 0 saturated heterocycles. The first kappa shape index (κ1) is 16.1. The molecule has 0 radical (unpaired) electrons. The normalized spacial score (nSPS) is 11.5. The van der Waals surface area contributed by atoms with Gasteiger partial charge in [-0.15, -0.1) is 0 Å². The minimum absolute atomic E-state index is 0.0565. The van der Waals surface area contributed by atoms with Crippen LogP contribution < -0.4 is 5.32 Å². The molecule has 1 rings (SSSR count). The van der Waals surface area contributed by atoms with E-state index in [9.17, 15) is 4.79 Å². The lowest BCUT2D eigenvalue weighted by atomic mass is 9.84. The summed E-state index contributed by atoms with van der Waals surface area (Å²) in [6.07, 6.45) is 5.51. The molecule has 0 amide bonds. The molecule has 2 N–H and O–H groups in total. The molecule has 1 aromatic rings. The number of carboxylic acids is 1. The predicted octanol–water partition coefficient (Wildman–Crippen LogP) is 3.21. The molecule has 0 unspecified atom stereocenters. The SMILES string of the molecule is CC(C)(CCNCc1cncc(Br)c1)CCC(=O)O. The summed E-state index contributed by atoms with van der Waals surface area (Å²) in [6.45, 7) is 5.87. The van der Waals surface area contributed by atoms with E-state index in [-0.39, 0.29) is 11.8 Å². The molecule has 0 bridgehead atoms. The Kier molecular flexibility index (Phi) is 6.45. The second-order valence-corrected chi connectivity index (χ2v) is 6.41. The number of pyridine rings is 1. The van der Waals surface area contributed by atoms with Gasteiger partial charge in [-0.1, -0.05) is 13.8 Å². The number of hydrogen-bond acceptors (Lipinski definition) is 3. The zero-order chi connectivity index (χ0) is 14.3. The van der Waals surface area contributed by atoms with Crippen LogP contribution in [0, 0.1) is 5.41 Å². The molecule has 0 aliphatic carbocycles. The van der Waals surface area contributed by atoms with E-state index in [2.05, 4.69) is 40.1 Å². The molecule has 5 heteroatoms. The number of halogens is 1. The van der Waals surface area contributed by atoms with Gasteiger partial charge in [0.2, 0.25) is 0 Å². The Balaban J connectivity index is 2.24. The van der Waals surface area contributed by atoms with Crippen LogP contribution in [0.2, 0.25) is 0 Å². The highest BCUT2D eigenvalue weighted by atomic mass is 79.9. The van der Waals surface area contributed by atoms with E-state index in [1.165, 1.54) is 0 Å². The molecule has 0 aliphatic rings. The maximum atomic E-state index is 10.6. The van der Waals surface area contributed by atoms with Crippen molar-refractivity contribution in [2.24, 2.45) is 5.41 Å². The van der Waals surface area contributed by atoms with E-state index in [4.69, 9.17) is 5.11 Å². The number of rotatable bonds is 8. The molecular formula is C14H21BrN2O2. The smallest absolute Gasteiger partial charge is 0.303 e. The number of aromatic nitrogens is 1. The van der Waals surface area contributed by atoms with Crippen LogP contribution in [-0.4, -0.2) is 22.6 Å². The zero-order valence-electron chi connectivity index (χ0n) is 11.4. The van der Waals surface area contributed by atoms with Crippen molar-refractivity contribution in [3.05, 3.63) is 28.5 Å². The molecule has 1 aromatic heterocycles. The molecule has 0 aromatic carbocycles. The highest BCUT2D eigenvalue weighted by Gasteiger charge is 2.18. The monoisotopic (exact) mass is 328 g/mol. The van der Waals surface area contributed by atoms with Gasteiger partial charge < -0.3 is 10.4 Å². The largest absolute Gasteiger partial charge is 0.481 e. The second kappa shape index (κ2) is 7.60. The van der Waals surface area contributed by atoms with E-state index < -0.39 is 5.97 Å². The number of aliphatic carboxylic acids is 1. The first-order valence-electron chi connectivity index (χ1n) is 6.41. The maximum Gasteiger partial charge on any atom is 0.303 e. The summed E-state index contributed by atoms with van der Waals surface area (Å²) in [5.41, 5.74) is 1.19. The van der Waals surface area contributed by atoms with Crippen LogP contribution >= 0.6 is 15.9 Å². The van der Waals surface area contributed by atoms with Crippen molar-refractivity contribution < 1.29 is 9.90 Å². The van der Waals surface area contributed by atoms with Crippen molar-refractivity contribution in [3.8, 4) is 0 Å². The van der Waals surface area contributed by atoms with Crippen molar-refractivity contribution in [3.63, 3.8) is 0 Å². The van der Waals surface area contributed by atoms with Crippen LogP contribution in [0.3, 0.4) is 0 Å². The lowest BCUT2D eigenvalue weighted by Crippen LogP contribution is -2.23. The van der Waals surface area contributed by atoms with Crippen LogP contribution in [0.1, 0.15) is 38.7 Å². The van der Waals surface area contributed by atoms with Crippen molar-refractivity contribution in [2.45, 2.75) is 39.7 Å². The first-order valence-corrected chi connectivity index (χ1v) is 7.20. The summed E-state index contributed by atoms with van der Waals surface area (Å²) >= 11 is 3.39. The van der Waals surface area contributed by atoms with E-state index in [0.717, 1.165) is 29.5 Å². The van der Waals surface area contributed by atoms with E-state index in [1.807, 2.05) is 12.3 Å². The van der Waals surface area contributed by atoms with E-state index in [0.29, 0.717) is 6.42 Å². The van der Waals surface area contributed by atoms with Crippen LogP contribution in [0.25, 0.3) is 0 Å². The minimum Gasteiger partial charge on any atom is -0.481 e. The number of hydrogen-bond donors (Lipinski definition) is 2. The van der Waals surface area contributed by atoms with Crippen LogP contribution in [0.5, 0.6) is 0 Å². The van der Waals surface area contributed by atoms with Gasteiger partial charge in [0.25, 0.3) is 0 Å². The summed E-state index contributed by atoms with van der Waals surface area (Å²) in [4.78, 5) is 14.7. The number of carboxylic acid groups (broad SMARTS) is 1. The van der Waals surface area contributed by atoms with Crippen molar-refractivity contribution >= 4 is 21.9 Å². The van der Waals surface area contributed by atoms with Crippen LogP contribution in [-0.2, 0) is 11.3 Å². The summed E-state index contributed by atoms with van der Waals surface area (Å²) in [7, 11) is 0. The van der Waals surface area contributed by atoms with Crippen LogP contribution in [0.15, 0.2) is 22.9 Å². The van der Waals surface area contributed by atoms with Crippen molar-refractivity contribution in [1.82, 2.24) is 10.3 Å². The van der Waals surface area contributed by atoms with Crippen molar-refractivity contribution in [2.75, 3.05) is 6.54 Å². The third-order valence-electron chi connectivity index (χ3n) is 3.08. The van der Waals surface area contributed by atoms with Crippen molar-refractivity contribution in [1.29, 1.82) is 0 Å². The highest BCUT2D eigenvalue weighted by molar-refractivity contribution is 9.10. The highest BCUT2D eigenvalue weighted by Crippen LogP contribution is 2.26. The summed E-state index contributed by atoms with van der Waals surface area (Å²) in [5, 5.41) is 12.1. The lowest BCUT2D eigenvalue weighted by molar-refractivity contribution is -0.137. The fourth-order valence-corrected chi connectivity index (χ4v) is 2.19. The fraction of sp³-hybridized carbons (Fsp3) is 0.571. The summed E-state index contributed by atoms with van der Waals surface area (Å²) in [6, 6.07) is 2.04. The van der Waals surface area contributed by atoms with E-state index >= 15 is 0 Å². The van der Waals surface area contributed by atoms with Gasteiger partial charge in [-0.05, 0) is 52.4 Å². The lowest BCUT2D eigenvalue weighted by Gasteiger charge is -2.23. The average molecular weight is 329 g/mol. The van der Waals surface area contributed by atoms with E-state index in [1.54, 1.807) is 6.20 Å². The van der Waals surface area contributed by atoms with Gasteiger partial charge in [-0.25, -0.2) is 0 Å². The van der Waals surface area contributed by atoms with Crippen LogP contribution in [0.4, 0.5) is 0 Å². The van der Waals surface area contributed by atoms with Gasteiger partial charge in [-0.2, -0.15) is 0 Å². The molecule has 4 nitrogen and oxygen atoms in total. The molecular weight excluding hydrogens is 308 g/mol.